The van der Waals surface area contributed by atoms with E-state index in [0.29, 0.717) is 41.9 Å². The number of hydrogen-bond donors (Lipinski definition) is 1. The number of rotatable bonds is 12. The molecule has 4 rings (SSSR count). The number of anilines is 1. The fourth-order valence-corrected chi connectivity index (χ4v) is 5.12. The Balaban J connectivity index is 1.69. The molecule has 38 heavy (non-hydrogen) atoms. The molecule has 0 aliphatic carbocycles. The highest BCUT2D eigenvalue weighted by atomic mass is 35.5. The first-order valence-electron chi connectivity index (χ1n) is 13.3. The number of halogens is 1. The van der Waals surface area contributed by atoms with Crippen molar-refractivity contribution in [1.82, 2.24) is 14.0 Å². The molecule has 0 unspecified atom stereocenters. The first kappa shape index (κ1) is 27.9. The first-order valence-corrected chi connectivity index (χ1v) is 13.7. The Kier molecular flexibility index (Phi) is 9.22. The van der Waals surface area contributed by atoms with Crippen LogP contribution in [0.1, 0.15) is 58.8 Å². The van der Waals surface area contributed by atoms with Crippen LogP contribution in [0.15, 0.2) is 41.3 Å². The number of esters is 1. The molecule has 1 N–H and O–H groups in total. The molecule has 9 nitrogen and oxygen atoms in total. The van der Waals surface area contributed by atoms with Crippen molar-refractivity contribution in [2.24, 2.45) is 0 Å². The second-order valence-electron chi connectivity index (χ2n) is 9.69. The molecule has 1 aromatic carbocycles. The normalized spacial score (nSPS) is 17.3. The molecule has 0 spiro atoms. The molecule has 1 saturated heterocycles. The third-order valence-corrected chi connectivity index (χ3v) is 7.13. The Morgan fingerprint density at radius 2 is 1.89 bits per heavy atom. The number of fused-ring (bicyclic) bond motifs is 1. The number of benzene rings is 1. The van der Waals surface area contributed by atoms with Gasteiger partial charge in [-0.3, -0.25) is 23.4 Å². The maximum absolute atomic E-state index is 13.3. The van der Waals surface area contributed by atoms with Crippen LogP contribution in [0, 0.1) is 0 Å². The zero-order chi connectivity index (χ0) is 27.2. The van der Waals surface area contributed by atoms with Crippen LogP contribution in [-0.4, -0.2) is 56.1 Å². The van der Waals surface area contributed by atoms with Gasteiger partial charge in [-0.25, -0.2) is 4.98 Å². The lowest BCUT2D eigenvalue weighted by atomic mass is 10.0. The minimum absolute atomic E-state index is 0.0662. The van der Waals surface area contributed by atoms with Crippen LogP contribution in [0.5, 0.6) is 0 Å². The van der Waals surface area contributed by atoms with Gasteiger partial charge in [-0.15, -0.1) is 0 Å². The summed E-state index contributed by atoms with van der Waals surface area (Å²) in [5, 5.41) is 11.2. The Labute approximate surface area is 227 Å². The van der Waals surface area contributed by atoms with Gasteiger partial charge >= 0.3 is 5.97 Å². The molecular formula is C28H35ClN4O5. The topological polar surface area (TPSA) is 106 Å². The second-order valence-corrected chi connectivity index (χ2v) is 10.1. The van der Waals surface area contributed by atoms with Gasteiger partial charge in [0.1, 0.15) is 5.82 Å². The van der Waals surface area contributed by atoms with Gasteiger partial charge in [0.25, 0.3) is 5.56 Å². The van der Waals surface area contributed by atoms with Gasteiger partial charge in [0.2, 0.25) is 5.78 Å². The number of aromatic nitrogens is 3. The number of aliphatic hydroxyl groups is 1. The smallest absolute Gasteiger partial charge is 0.305 e. The average molecular weight is 543 g/mol. The van der Waals surface area contributed by atoms with Crippen LogP contribution in [0.25, 0.3) is 17.0 Å². The number of carbonyl (C=O) groups is 2. The van der Waals surface area contributed by atoms with Gasteiger partial charge in [-0.1, -0.05) is 43.5 Å². The molecule has 2 aromatic heterocycles. The van der Waals surface area contributed by atoms with Crippen molar-refractivity contribution in [3.63, 3.8) is 0 Å². The third kappa shape index (κ3) is 6.27. The van der Waals surface area contributed by atoms with Gasteiger partial charge in [0.15, 0.2) is 5.78 Å². The van der Waals surface area contributed by atoms with Crippen LogP contribution < -0.4 is 10.5 Å². The Morgan fingerprint density at radius 1 is 1.13 bits per heavy atom. The van der Waals surface area contributed by atoms with Gasteiger partial charge in [0.05, 0.1) is 24.4 Å². The summed E-state index contributed by atoms with van der Waals surface area (Å²) in [4.78, 5) is 44.8. The quantitative estimate of drug-likeness (QED) is 0.269. The van der Waals surface area contributed by atoms with E-state index in [9.17, 15) is 19.5 Å². The zero-order valence-electron chi connectivity index (χ0n) is 21.9. The second kappa shape index (κ2) is 12.6. The number of nitrogens with zero attached hydrogens (tertiary/aromatic N) is 4. The van der Waals surface area contributed by atoms with Gasteiger partial charge in [-0.05, 0) is 31.9 Å². The van der Waals surface area contributed by atoms with Gasteiger partial charge < -0.3 is 14.7 Å². The molecule has 1 aliphatic heterocycles. The van der Waals surface area contributed by atoms with Crippen molar-refractivity contribution in [3.05, 3.63) is 51.9 Å². The predicted molar refractivity (Wildman–Crippen MR) is 147 cm³/mol. The summed E-state index contributed by atoms with van der Waals surface area (Å²) in [7, 11) is 0. The summed E-state index contributed by atoms with van der Waals surface area (Å²) in [5.41, 5.74) is 1.22. The number of ketones is 1. The number of hydrogen-bond acceptors (Lipinski definition) is 7. The summed E-state index contributed by atoms with van der Waals surface area (Å²) >= 11 is 6.05. The molecule has 3 aromatic rings. The number of β-amino-alcohol motifs (C(OH)–C–C–N with tert-alkyl or cyclic N) is 1. The first-order chi connectivity index (χ1) is 18.3. The monoisotopic (exact) mass is 542 g/mol. The van der Waals surface area contributed by atoms with E-state index in [1.807, 2.05) is 21.6 Å². The molecule has 0 saturated carbocycles. The maximum Gasteiger partial charge on any atom is 0.305 e. The number of carbonyl (C=O) groups excluding carboxylic acids is 2. The van der Waals surface area contributed by atoms with E-state index in [-0.39, 0.29) is 43.1 Å². The lowest BCUT2D eigenvalue weighted by Crippen LogP contribution is -2.39. The summed E-state index contributed by atoms with van der Waals surface area (Å²) in [6.45, 7) is 5.03. The van der Waals surface area contributed by atoms with Gasteiger partial charge in [-0.2, -0.15) is 0 Å². The van der Waals surface area contributed by atoms with Crippen LogP contribution in [0.2, 0.25) is 5.02 Å². The molecular weight excluding hydrogens is 508 g/mol. The van der Waals surface area contributed by atoms with Crippen molar-refractivity contribution in [1.29, 1.82) is 0 Å². The molecule has 0 radical (unpaired) electrons. The fourth-order valence-electron chi connectivity index (χ4n) is 4.99. The minimum Gasteiger partial charge on any atom is -0.466 e. The van der Waals surface area contributed by atoms with Crippen LogP contribution in [0.3, 0.4) is 0 Å². The van der Waals surface area contributed by atoms with Crippen molar-refractivity contribution in [2.75, 3.05) is 18.1 Å². The predicted octanol–water partition coefficient (Wildman–Crippen LogP) is 4.25. The summed E-state index contributed by atoms with van der Waals surface area (Å²) < 4.78 is 8.47. The SMILES string of the molecule is CCCCCn1c(N2C[C@H](O)C[C@H]2C(=O)CCCC(=O)OCC)cc(=O)n2cc(-c3ccc(Cl)cc3)nc12. The number of ether oxygens (including phenoxy) is 1. The molecule has 1 aliphatic rings. The zero-order valence-corrected chi connectivity index (χ0v) is 22.7. The van der Waals surface area contributed by atoms with Crippen molar-refractivity contribution in [3.8, 4) is 11.3 Å². The van der Waals surface area contributed by atoms with Crippen molar-refractivity contribution >= 4 is 34.9 Å². The van der Waals surface area contributed by atoms with E-state index in [2.05, 4.69) is 6.92 Å². The Morgan fingerprint density at radius 3 is 2.61 bits per heavy atom. The minimum atomic E-state index is -0.700. The third-order valence-electron chi connectivity index (χ3n) is 6.87. The number of aryl methyl sites for hydroxylation is 1. The molecule has 1 fully saturated rings. The highest BCUT2D eigenvalue weighted by Crippen LogP contribution is 2.29. The van der Waals surface area contributed by atoms with Crippen LogP contribution in [-0.2, 0) is 20.9 Å². The fraction of sp³-hybridized carbons (Fsp3) is 0.500. The summed E-state index contributed by atoms with van der Waals surface area (Å²) in [5.74, 6) is 0.675. The van der Waals surface area contributed by atoms with E-state index in [4.69, 9.17) is 21.3 Å². The number of aliphatic hydroxyl groups excluding tert-OH is 1. The Bertz CT molecular complexity index is 1330. The van der Waals surface area contributed by atoms with E-state index in [1.165, 1.54) is 10.5 Å². The van der Waals surface area contributed by atoms with E-state index in [0.717, 1.165) is 24.8 Å². The highest BCUT2D eigenvalue weighted by molar-refractivity contribution is 6.30. The largest absolute Gasteiger partial charge is 0.466 e. The summed E-state index contributed by atoms with van der Waals surface area (Å²) in [6.07, 6.45) is 4.94. The summed E-state index contributed by atoms with van der Waals surface area (Å²) in [6, 6.07) is 8.23. The van der Waals surface area contributed by atoms with Crippen molar-refractivity contribution < 1.29 is 19.4 Å². The van der Waals surface area contributed by atoms with Crippen LogP contribution >= 0.6 is 11.6 Å². The van der Waals surface area contributed by atoms with Crippen LogP contribution in [0.4, 0.5) is 5.82 Å². The lowest BCUT2D eigenvalue weighted by molar-refractivity contribution is -0.143. The number of unbranched alkanes of at least 4 members (excludes halogenated alkanes) is 2. The van der Waals surface area contributed by atoms with Gasteiger partial charge in [0, 0.05) is 55.2 Å². The Hall–Kier alpha value is -3.17. The van der Waals surface area contributed by atoms with Crippen molar-refractivity contribution in [2.45, 2.75) is 77.5 Å². The lowest BCUT2D eigenvalue weighted by Gasteiger charge is -2.28. The molecule has 10 heteroatoms. The highest BCUT2D eigenvalue weighted by Gasteiger charge is 2.37. The molecule has 0 amide bonds. The standard InChI is InChI=1S/C28H35ClN4O5/c1-3-5-6-14-31-25(32-17-21(34)15-23(32)24(35)8-7-9-27(37)38-4-2)16-26(36)33-18-22(30-28(31)33)19-10-12-20(29)13-11-19/h10-13,16,18,21,23,34H,3-9,14-15,17H2,1-2H3/t21-,23+/m1/s1. The number of imidazole rings is 1. The van der Waals surface area contributed by atoms with E-state index >= 15 is 0 Å². The van der Waals surface area contributed by atoms with E-state index < -0.39 is 12.1 Å². The molecule has 2 atom stereocenters. The maximum atomic E-state index is 13.3. The van der Waals surface area contributed by atoms with E-state index in [1.54, 1.807) is 25.3 Å². The molecule has 0 bridgehead atoms. The average Bonchev–Trinajstić information content (AvgIpc) is 3.51. The molecule has 204 valence electrons. The number of Topliss-reactive ketones (excluding diaryl/α,β-unsaturated/α-hetero) is 1. The molecule has 3 heterocycles.